The summed E-state index contributed by atoms with van der Waals surface area (Å²) in [6.07, 6.45) is 33.7. The molecule has 3 nitrogen and oxygen atoms in total. The fourth-order valence-corrected chi connectivity index (χ4v) is 6.31. The Hall–Kier alpha value is -3.46. The SMILES string of the molecule is CC(=O)O[C@H]1CC(C)(C)[C@](C)(C(=O)/C=C/C(C)=C/C=C/C(C)=C/C=C/C=C(C)/C=C/C=C(C)/C=C/C2=C(C)CCCC2(C)C)C1. The van der Waals surface area contributed by atoms with Crippen LogP contribution in [-0.4, -0.2) is 17.9 Å². The second-order valence-corrected chi connectivity index (χ2v) is 14.6. The average molecular weight is 611 g/mol. The topological polar surface area (TPSA) is 43.4 Å². The Morgan fingerprint density at radius 3 is 1.73 bits per heavy atom. The van der Waals surface area contributed by atoms with Gasteiger partial charge in [-0.3, -0.25) is 9.59 Å². The van der Waals surface area contributed by atoms with Crippen LogP contribution in [0.3, 0.4) is 0 Å². The first-order valence-corrected chi connectivity index (χ1v) is 16.5. The minimum Gasteiger partial charge on any atom is -0.463 e. The van der Waals surface area contributed by atoms with Gasteiger partial charge in [0.15, 0.2) is 5.78 Å². The summed E-state index contributed by atoms with van der Waals surface area (Å²) in [5.74, 6) is -0.213. The van der Waals surface area contributed by atoms with E-state index in [0.717, 1.165) is 11.1 Å². The second kappa shape index (κ2) is 16.7. The van der Waals surface area contributed by atoms with Gasteiger partial charge in [0.25, 0.3) is 0 Å². The van der Waals surface area contributed by atoms with Crippen LogP contribution in [0.1, 0.15) is 108 Å². The standard InChI is InChI=1S/C42H58O3/c1-31(19-14-21-33(3)24-26-38-35(5)23-16-28-40(38,7)8)17-12-13-18-32(2)20-15-22-34(4)25-27-39(44)42(11)30-37(45-36(6)43)29-41(42,9)10/h12-15,17-22,24-27,37H,16,23,28-30H2,1-11H3/b13-12+,19-14+,20-15+,26-24+,27-25+,31-17+,32-18+,33-21+,34-22+/t37-,42-/m0/s1. The summed E-state index contributed by atoms with van der Waals surface area (Å²) in [5, 5.41) is 0. The summed E-state index contributed by atoms with van der Waals surface area (Å²) in [7, 11) is 0. The Balaban J connectivity index is 1.90. The number of ketones is 1. The van der Waals surface area contributed by atoms with E-state index in [0.29, 0.717) is 12.8 Å². The number of esters is 1. The summed E-state index contributed by atoms with van der Waals surface area (Å²) in [6, 6.07) is 0. The molecule has 0 aromatic rings. The maximum absolute atomic E-state index is 13.2. The van der Waals surface area contributed by atoms with Crippen molar-refractivity contribution in [2.45, 2.75) is 114 Å². The molecule has 0 bridgehead atoms. The largest absolute Gasteiger partial charge is 0.463 e. The van der Waals surface area contributed by atoms with Crippen molar-refractivity contribution in [3.8, 4) is 0 Å². The lowest BCUT2D eigenvalue weighted by molar-refractivity contribution is -0.146. The Morgan fingerprint density at radius 2 is 1.20 bits per heavy atom. The summed E-state index contributed by atoms with van der Waals surface area (Å²) in [5.41, 5.74) is 7.03. The summed E-state index contributed by atoms with van der Waals surface area (Å²) in [4.78, 5) is 24.6. The van der Waals surface area contributed by atoms with Gasteiger partial charge in [0, 0.05) is 12.3 Å². The predicted molar refractivity (Wildman–Crippen MR) is 193 cm³/mol. The normalized spacial score (nSPS) is 25.2. The van der Waals surface area contributed by atoms with Gasteiger partial charge in [-0.25, -0.2) is 0 Å². The Bertz CT molecular complexity index is 1390. The van der Waals surface area contributed by atoms with E-state index in [1.54, 1.807) is 6.08 Å². The van der Waals surface area contributed by atoms with Crippen LogP contribution in [0.15, 0.2) is 119 Å². The van der Waals surface area contributed by atoms with Crippen LogP contribution < -0.4 is 0 Å². The number of carbonyl (C=O) groups is 2. The van der Waals surface area contributed by atoms with Gasteiger partial charge in [0.05, 0.1) is 0 Å². The minimum atomic E-state index is -0.565. The molecule has 0 aliphatic heterocycles. The van der Waals surface area contributed by atoms with Crippen molar-refractivity contribution in [3.63, 3.8) is 0 Å². The van der Waals surface area contributed by atoms with Crippen LogP contribution in [0.5, 0.6) is 0 Å². The molecule has 0 unspecified atom stereocenters. The van der Waals surface area contributed by atoms with Gasteiger partial charge < -0.3 is 4.74 Å². The highest BCUT2D eigenvalue weighted by atomic mass is 16.5. The van der Waals surface area contributed by atoms with Crippen molar-refractivity contribution >= 4 is 11.8 Å². The Kier molecular flexibility index (Phi) is 14.0. The zero-order valence-corrected chi connectivity index (χ0v) is 29.9. The van der Waals surface area contributed by atoms with Crippen molar-refractivity contribution < 1.29 is 14.3 Å². The third-order valence-electron chi connectivity index (χ3n) is 9.56. The molecule has 0 aromatic carbocycles. The van der Waals surface area contributed by atoms with Crippen molar-refractivity contribution in [1.29, 1.82) is 0 Å². The smallest absolute Gasteiger partial charge is 0.302 e. The van der Waals surface area contributed by atoms with Crippen LogP contribution in [0, 0.1) is 16.2 Å². The first kappa shape index (κ1) is 37.7. The number of ether oxygens (including phenoxy) is 1. The first-order chi connectivity index (χ1) is 21.0. The molecule has 45 heavy (non-hydrogen) atoms. The fraction of sp³-hybridized carbons (Fsp3) is 0.476. The quantitative estimate of drug-likeness (QED) is 0.125. The van der Waals surface area contributed by atoms with Gasteiger partial charge in [-0.05, 0) is 89.2 Å². The van der Waals surface area contributed by atoms with Crippen molar-refractivity contribution in [2.24, 2.45) is 16.2 Å². The molecular weight excluding hydrogens is 552 g/mol. The van der Waals surface area contributed by atoms with Gasteiger partial charge in [0.1, 0.15) is 6.10 Å². The first-order valence-electron chi connectivity index (χ1n) is 16.5. The highest BCUT2D eigenvalue weighted by Crippen LogP contribution is 2.54. The van der Waals surface area contributed by atoms with Crippen LogP contribution in [0.25, 0.3) is 0 Å². The van der Waals surface area contributed by atoms with Gasteiger partial charge in [-0.1, -0.05) is 141 Å². The molecule has 2 rings (SSSR count). The summed E-state index contributed by atoms with van der Waals surface area (Å²) >= 11 is 0. The predicted octanol–water partition coefficient (Wildman–Crippen LogP) is 11.4. The highest BCUT2D eigenvalue weighted by molar-refractivity contribution is 5.96. The Morgan fingerprint density at radius 1 is 0.689 bits per heavy atom. The van der Waals surface area contributed by atoms with Crippen LogP contribution in [-0.2, 0) is 14.3 Å². The fourth-order valence-electron chi connectivity index (χ4n) is 6.31. The van der Waals surface area contributed by atoms with Gasteiger partial charge in [-0.2, -0.15) is 0 Å². The summed E-state index contributed by atoms with van der Waals surface area (Å²) in [6.45, 7) is 22.9. The molecule has 3 heteroatoms. The van der Waals surface area contributed by atoms with Crippen molar-refractivity contribution in [1.82, 2.24) is 0 Å². The highest BCUT2D eigenvalue weighted by Gasteiger charge is 2.54. The van der Waals surface area contributed by atoms with Crippen LogP contribution in [0.4, 0.5) is 0 Å². The molecule has 244 valence electrons. The van der Waals surface area contributed by atoms with E-state index in [4.69, 9.17) is 4.74 Å². The molecule has 0 radical (unpaired) electrons. The molecule has 0 spiro atoms. The monoisotopic (exact) mass is 610 g/mol. The number of carbonyl (C=O) groups excluding carboxylic acids is 2. The van der Waals surface area contributed by atoms with E-state index < -0.39 is 5.41 Å². The van der Waals surface area contributed by atoms with E-state index >= 15 is 0 Å². The number of hydrogen-bond donors (Lipinski definition) is 0. The minimum absolute atomic E-state index is 0.0769. The van der Waals surface area contributed by atoms with Gasteiger partial charge in [0.2, 0.25) is 0 Å². The molecule has 0 aromatic heterocycles. The van der Waals surface area contributed by atoms with E-state index in [1.807, 2.05) is 38.2 Å². The zero-order chi connectivity index (χ0) is 33.8. The lowest BCUT2D eigenvalue weighted by Gasteiger charge is -2.35. The second-order valence-electron chi connectivity index (χ2n) is 14.6. The van der Waals surface area contributed by atoms with E-state index in [-0.39, 0.29) is 28.7 Å². The van der Waals surface area contributed by atoms with E-state index in [1.165, 1.54) is 48.5 Å². The molecule has 2 aliphatic rings. The van der Waals surface area contributed by atoms with Crippen molar-refractivity contribution in [2.75, 3.05) is 0 Å². The molecule has 2 aliphatic carbocycles. The third kappa shape index (κ3) is 11.8. The molecule has 0 heterocycles. The molecule has 0 saturated heterocycles. The molecule has 0 amide bonds. The molecule has 2 atom stereocenters. The maximum Gasteiger partial charge on any atom is 0.302 e. The number of allylic oxidation sites excluding steroid dienone is 20. The molecular formula is C42H58O3. The zero-order valence-electron chi connectivity index (χ0n) is 29.9. The lowest BCUT2D eigenvalue weighted by atomic mass is 9.66. The van der Waals surface area contributed by atoms with Gasteiger partial charge in [-0.15, -0.1) is 0 Å². The van der Waals surface area contributed by atoms with E-state index in [9.17, 15) is 9.59 Å². The third-order valence-corrected chi connectivity index (χ3v) is 9.56. The van der Waals surface area contributed by atoms with E-state index in [2.05, 4.69) is 110 Å². The van der Waals surface area contributed by atoms with Gasteiger partial charge >= 0.3 is 5.97 Å². The maximum atomic E-state index is 13.2. The molecule has 1 fully saturated rings. The number of hydrogen-bond acceptors (Lipinski definition) is 3. The Labute approximate surface area is 274 Å². The molecule has 1 saturated carbocycles. The van der Waals surface area contributed by atoms with Crippen LogP contribution >= 0.6 is 0 Å². The molecule has 0 N–H and O–H groups in total. The van der Waals surface area contributed by atoms with Crippen LogP contribution in [0.2, 0.25) is 0 Å². The average Bonchev–Trinajstić information content (AvgIpc) is 3.16. The summed E-state index contributed by atoms with van der Waals surface area (Å²) < 4.78 is 5.44. The lowest BCUT2D eigenvalue weighted by Crippen LogP contribution is -2.36. The van der Waals surface area contributed by atoms with Crippen molar-refractivity contribution in [3.05, 3.63) is 119 Å². The number of rotatable bonds is 12.